The Morgan fingerprint density at radius 3 is 2.84 bits per heavy atom. The molecule has 126 valence electrons. The van der Waals surface area contributed by atoms with Crippen LogP contribution in [-0.2, 0) is 19.4 Å². The summed E-state index contributed by atoms with van der Waals surface area (Å²) >= 11 is 0. The zero-order valence-corrected chi connectivity index (χ0v) is 14.1. The van der Waals surface area contributed by atoms with Gasteiger partial charge < -0.3 is 9.32 Å². The zero-order valence-electron chi connectivity index (χ0n) is 14.1. The molecule has 0 radical (unpaired) electrons. The highest BCUT2D eigenvalue weighted by atomic mass is 16.4. The van der Waals surface area contributed by atoms with Gasteiger partial charge in [0.1, 0.15) is 17.1 Å². The first-order valence-electron chi connectivity index (χ1n) is 8.43. The Morgan fingerprint density at radius 1 is 1.20 bits per heavy atom. The normalized spacial score (nSPS) is 13.6. The van der Waals surface area contributed by atoms with Crippen LogP contribution in [0.2, 0.25) is 0 Å². The first-order valence-corrected chi connectivity index (χ1v) is 8.43. The van der Waals surface area contributed by atoms with Crippen molar-refractivity contribution in [2.45, 2.75) is 26.3 Å². The molecule has 1 aliphatic rings. The molecule has 1 amide bonds. The Kier molecular flexibility index (Phi) is 4.06. The molecule has 3 aromatic rings. The Morgan fingerprint density at radius 2 is 2.04 bits per heavy atom. The Hall–Kier alpha value is -2.95. The fourth-order valence-electron chi connectivity index (χ4n) is 3.13. The first-order chi connectivity index (χ1) is 12.2. The summed E-state index contributed by atoms with van der Waals surface area (Å²) < 4.78 is 5.90. The summed E-state index contributed by atoms with van der Waals surface area (Å²) in [6.45, 7) is 3.01. The second kappa shape index (κ2) is 6.51. The van der Waals surface area contributed by atoms with Crippen LogP contribution in [-0.4, -0.2) is 27.3 Å². The van der Waals surface area contributed by atoms with Gasteiger partial charge in [-0.1, -0.05) is 36.4 Å². The van der Waals surface area contributed by atoms with Crippen molar-refractivity contribution in [3.05, 3.63) is 82.8 Å². The van der Waals surface area contributed by atoms with E-state index in [-0.39, 0.29) is 5.91 Å². The van der Waals surface area contributed by atoms with E-state index in [4.69, 9.17) is 4.42 Å². The van der Waals surface area contributed by atoms with Crippen LogP contribution in [0.3, 0.4) is 0 Å². The molecule has 25 heavy (non-hydrogen) atoms. The minimum Gasteiger partial charge on any atom is -0.445 e. The van der Waals surface area contributed by atoms with Gasteiger partial charge in [-0.2, -0.15) is 0 Å². The molecule has 5 nitrogen and oxygen atoms in total. The van der Waals surface area contributed by atoms with Crippen LogP contribution < -0.4 is 0 Å². The van der Waals surface area contributed by atoms with Gasteiger partial charge in [0, 0.05) is 25.6 Å². The predicted octanol–water partition coefficient (Wildman–Crippen LogP) is 3.17. The third-order valence-electron chi connectivity index (χ3n) is 4.47. The number of oxazole rings is 1. The monoisotopic (exact) mass is 333 g/mol. The fraction of sp³-hybridized carbons (Fsp3) is 0.250. The van der Waals surface area contributed by atoms with Crippen molar-refractivity contribution in [1.29, 1.82) is 0 Å². The van der Waals surface area contributed by atoms with Gasteiger partial charge in [0.15, 0.2) is 5.89 Å². The van der Waals surface area contributed by atoms with Crippen molar-refractivity contribution < 1.29 is 9.21 Å². The molecule has 2 aromatic heterocycles. The molecule has 0 saturated carbocycles. The standard InChI is InChI=1S/C20H19N3O2/c1-14-6-5-10-21-19(14)20(24)23-11-9-17-16(13-23)22-18(25-17)12-15-7-3-2-4-8-15/h2-8,10H,9,11-13H2,1H3. The molecule has 5 heteroatoms. The van der Waals surface area contributed by atoms with Crippen LogP contribution in [0, 0.1) is 6.92 Å². The molecule has 0 saturated heterocycles. The molecular formula is C20H19N3O2. The summed E-state index contributed by atoms with van der Waals surface area (Å²) in [4.78, 5) is 23.4. The number of aromatic nitrogens is 2. The minimum atomic E-state index is -0.0450. The number of pyridine rings is 1. The van der Waals surface area contributed by atoms with E-state index in [2.05, 4.69) is 22.1 Å². The summed E-state index contributed by atoms with van der Waals surface area (Å²) in [5, 5.41) is 0. The molecule has 0 aliphatic carbocycles. The lowest BCUT2D eigenvalue weighted by Crippen LogP contribution is -2.36. The quantitative estimate of drug-likeness (QED) is 0.739. The number of hydrogen-bond acceptors (Lipinski definition) is 4. The molecule has 1 aromatic carbocycles. The van der Waals surface area contributed by atoms with Gasteiger partial charge in [-0.15, -0.1) is 0 Å². The van der Waals surface area contributed by atoms with E-state index in [1.54, 1.807) is 11.1 Å². The van der Waals surface area contributed by atoms with Gasteiger partial charge in [-0.25, -0.2) is 4.98 Å². The third kappa shape index (κ3) is 3.18. The van der Waals surface area contributed by atoms with Gasteiger partial charge >= 0.3 is 0 Å². The van der Waals surface area contributed by atoms with Crippen molar-refractivity contribution in [3.63, 3.8) is 0 Å². The van der Waals surface area contributed by atoms with Crippen molar-refractivity contribution in [1.82, 2.24) is 14.9 Å². The second-order valence-corrected chi connectivity index (χ2v) is 6.29. The van der Waals surface area contributed by atoms with E-state index in [1.165, 1.54) is 0 Å². The number of hydrogen-bond donors (Lipinski definition) is 0. The van der Waals surface area contributed by atoms with Crippen LogP contribution in [0.1, 0.15) is 39.0 Å². The molecule has 4 rings (SSSR count). The van der Waals surface area contributed by atoms with Crippen molar-refractivity contribution in [3.8, 4) is 0 Å². The topological polar surface area (TPSA) is 59.2 Å². The smallest absolute Gasteiger partial charge is 0.273 e. The average molecular weight is 333 g/mol. The number of amides is 1. The van der Waals surface area contributed by atoms with E-state index in [9.17, 15) is 4.79 Å². The number of aryl methyl sites for hydroxylation is 1. The maximum atomic E-state index is 12.7. The number of carbonyl (C=O) groups is 1. The molecule has 0 spiro atoms. The van der Waals surface area contributed by atoms with Crippen LogP contribution in [0.15, 0.2) is 53.1 Å². The molecule has 0 bridgehead atoms. The van der Waals surface area contributed by atoms with E-state index in [1.807, 2.05) is 37.3 Å². The molecule has 0 fully saturated rings. The van der Waals surface area contributed by atoms with Crippen LogP contribution in [0.25, 0.3) is 0 Å². The summed E-state index contributed by atoms with van der Waals surface area (Å²) in [5.74, 6) is 1.56. The number of fused-ring (bicyclic) bond motifs is 1. The molecule has 0 N–H and O–H groups in total. The van der Waals surface area contributed by atoms with Gasteiger partial charge in [-0.3, -0.25) is 9.78 Å². The summed E-state index contributed by atoms with van der Waals surface area (Å²) in [6.07, 6.45) is 3.01. The highest BCUT2D eigenvalue weighted by Crippen LogP contribution is 2.23. The Labute approximate surface area is 146 Å². The average Bonchev–Trinajstić information content (AvgIpc) is 3.03. The highest BCUT2D eigenvalue weighted by Gasteiger charge is 2.27. The van der Waals surface area contributed by atoms with E-state index < -0.39 is 0 Å². The lowest BCUT2D eigenvalue weighted by atomic mass is 10.1. The maximum absolute atomic E-state index is 12.7. The van der Waals surface area contributed by atoms with Gasteiger partial charge in [0.2, 0.25) is 0 Å². The summed E-state index contributed by atoms with van der Waals surface area (Å²) in [5.41, 5.74) is 3.43. The lowest BCUT2D eigenvalue weighted by Gasteiger charge is -2.25. The van der Waals surface area contributed by atoms with Crippen molar-refractivity contribution >= 4 is 5.91 Å². The van der Waals surface area contributed by atoms with E-state index in [0.717, 1.165) is 22.6 Å². The molecule has 0 atom stereocenters. The molecular weight excluding hydrogens is 314 g/mol. The summed E-state index contributed by atoms with van der Waals surface area (Å²) in [7, 11) is 0. The first kappa shape index (κ1) is 15.6. The highest BCUT2D eigenvalue weighted by molar-refractivity contribution is 5.93. The number of nitrogens with zero attached hydrogens (tertiary/aromatic N) is 3. The zero-order chi connectivity index (χ0) is 17.2. The van der Waals surface area contributed by atoms with Gasteiger partial charge in [0.05, 0.1) is 6.54 Å². The predicted molar refractivity (Wildman–Crippen MR) is 93.2 cm³/mol. The second-order valence-electron chi connectivity index (χ2n) is 6.29. The molecule has 1 aliphatic heterocycles. The number of rotatable bonds is 3. The SMILES string of the molecule is Cc1cccnc1C(=O)N1CCc2oc(Cc3ccccc3)nc2C1. The molecule has 3 heterocycles. The molecule has 0 unspecified atom stereocenters. The Balaban J connectivity index is 1.52. The van der Waals surface area contributed by atoms with E-state index in [0.29, 0.717) is 37.5 Å². The maximum Gasteiger partial charge on any atom is 0.273 e. The lowest BCUT2D eigenvalue weighted by molar-refractivity contribution is 0.0721. The Bertz CT molecular complexity index is 902. The fourth-order valence-corrected chi connectivity index (χ4v) is 3.13. The number of carbonyl (C=O) groups excluding carboxylic acids is 1. The van der Waals surface area contributed by atoms with Crippen molar-refractivity contribution in [2.24, 2.45) is 0 Å². The van der Waals surface area contributed by atoms with Crippen LogP contribution in [0.4, 0.5) is 0 Å². The minimum absolute atomic E-state index is 0.0450. The number of benzene rings is 1. The van der Waals surface area contributed by atoms with Gasteiger partial charge in [0.25, 0.3) is 5.91 Å². The van der Waals surface area contributed by atoms with Crippen molar-refractivity contribution in [2.75, 3.05) is 6.54 Å². The van der Waals surface area contributed by atoms with Crippen LogP contribution >= 0.6 is 0 Å². The van der Waals surface area contributed by atoms with E-state index >= 15 is 0 Å². The summed E-state index contributed by atoms with van der Waals surface area (Å²) in [6, 6.07) is 13.9. The van der Waals surface area contributed by atoms with Gasteiger partial charge in [-0.05, 0) is 24.1 Å². The third-order valence-corrected chi connectivity index (χ3v) is 4.47. The largest absolute Gasteiger partial charge is 0.445 e. The van der Waals surface area contributed by atoms with Crippen LogP contribution in [0.5, 0.6) is 0 Å².